The Morgan fingerprint density at radius 3 is 2.63 bits per heavy atom. The van der Waals surface area contributed by atoms with E-state index >= 15 is 0 Å². The lowest BCUT2D eigenvalue weighted by Gasteiger charge is -2.60. The van der Waals surface area contributed by atoms with Crippen LogP contribution in [-0.2, 0) is 9.53 Å². The fourth-order valence-electron chi connectivity index (χ4n) is 7.15. The molecule has 0 aromatic carbocycles. The summed E-state index contributed by atoms with van der Waals surface area (Å²) in [6, 6.07) is 0. The molecular weight excluding hydrogens is 334 g/mol. The zero-order chi connectivity index (χ0) is 19.3. The summed E-state index contributed by atoms with van der Waals surface area (Å²) in [5, 5.41) is 0. The van der Waals surface area contributed by atoms with E-state index in [1.165, 1.54) is 25.7 Å². The van der Waals surface area contributed by atoms with E-state index in [4.69, 9.17) is 4.74 Å². The number of nitrogens with zero attached hydrogens (tertiary/aromatic N) is 1. The lowest BCUT2D eigenvalue weighted by Crippen LogP contribution is -2.58. The third-order valence-corrected chi connectivity index (χ3v) is 8.81. The minimum atomic E-state index is -0.224. The molecule has 5 atom stereocenters. The molecule has 3 fully saturated rings. The van der Waals surface area contributed by atoms with Crippen molar-refractivity contribution in [3.05, 3.63) is 24.3 Å². The van der Waals surface area contributed by atoms with Gasteiger partial charge >= 0.3 is 0 Å². The van der Waals surface area contributed by atoms with Crippen LogP contribution in [-0.4, -0.2) is 37.1 Å². The van der Waals surface area contributed by atoms with Crippen molar-refractivity contribution in [2.45, 2.75) is 65.7 Å². The fraction of sp³-hybridized carbons (Fsp3) is 0.792. The van der Waals surface area contributed by atoms with Gasteiger partial charge in [0.1, 0.15) is 0 Å². The van der Waals surface area contributed by atoms with E-state index in [9.17, 15) is 4.79 Å². The van der Waals surface area contributed by atoms with Gasteiger partial charge in [-0.15, -0.1) is 6.58 Å². The Hall–Kier alpha value is -1.09. The summed E-state index contributed by atoms with van der Waals surface area (Å²) in [6.07, 6.45) is 13.0. The number of carbonyl (C=O) groups excluding carboxylic acids is 1. The second-order valence-electron chi connectivity index (χ2n) is 10.2. The van der Waals surface area contributed by atoms with Gasteiger partial charge in [0, 0.05) is 13.1 Å². The fourth-order valence-corrected chi connectivity index (χ4v) is 7.15. The summed E-state index contributed by atoms with van der Waals surface area (Å²) in [6.45, 7) is 14.3. The predicted molar refractivity (Wildman–Crippen MR) is 109 cm³/mol. The molecule has 3 nitrogen and oxygen atoms in total. The molecule has 0 spiro atoms. The van der Waals surface area contributed by atoms with Gasteiger partial charge in [-0.3, -0.25) is 4.79 Å². The zero-order valence-corrected chi connectivity index (χ0v) is 17.6. The summed E-state index contributed by atoms with van der Waals surface area (Å²) in [5.74, 6) is 1.47. The highest BCUT2D eigenvalue weighted by molar-refractivity contribution is 5.83. The number of morpholine rings is 1. The van der Waals surface area contributed by atoms with Gasteiger partial charge in [0.15, 0.2) is 0 Å². The number of fused-ring (bicyclic) bond motifs is 3. The highest BCUT2D eigenvalue weighted by Gasteiger charge is 2.59. The minimum Gasteiger partial charge on any atom is -0.378 e. The van der Waals surface area contributed by atoms with Crippen LogP contribution in [0.3, 0.4) is 0 Å². The van der Waals surface area contributed by atoms with Gasteiger partial charge in [0.2, 0.25) is 5.91 Å². The number of carbonyl (C=O) groups is 1. The van der Waals surface area contributed by atoms with E-state index in [1.54, 1.807) is 5.57 Å². The molecule has 1 heterocycles. The Labute approximate surface area is 165 Å². The van der Waals surface area contributed by atoms with Crippen LogP contribution >= 0.6 is 0 Å². The van der Waals surface area contributed by atoms with Crippen LogP contribution in [0.5, 0.6) is 0 Å². The first-order valence-corrected chi connectivity index (χ1v) is 11.1. The Balaban J connectivity index is 1.67. The van der Waals surface area contributed by atoms with Crippen molar-refractivity contribution in [2.75, 3.05) is 26.3 Å². The number of ether oxygens (including phenoxy) is 1. The van der Waals surface area contributed by atoms with Gasteiger partial charge in [-0.25, -0.2) is 0 Å². The first-order valence-electron chi connectivity index (χ1n) is 11.1. The van der Waals surface area contributed by atoms with Crippen molar-refractivity contribution in [3.63, 3.8) is 0 Å². The highest BCUT2D eigenvalue weighted by Crippen LogP contribution is 2.65. The van der Waals surface area contributed by atoms with Gasteiger partial charge in [0.05, 0.1) is 18.6 Å². The molecule has 0 N–H and O–H groups in total. The summed E-state index contributed by atoms with van der Waals surface area (Å²) < 4.78 is 5.49. The SMILES string of the molecule is C=C[C@@]1(C)CCC=C2[C@H]1CC[C@@H]1[C@](C)(C(=O)N3CCOCC3)CCC[C@@]21C. The molecule has 1 amide bonds. The van der Waals surface area contributed by atoms with Gasteiger partial charge < -0.3 is 9.64 Å². The molecule has 0 unspecified atom stereocenters. The Bertz CT molecular complexity index is 649. The summed E-state index contributed by atoms with van der Waals surface area (Å²) in [7, 11) is 0. The second kappa shape index (κ2) is 6.76. The van der Waals surface area contributed by atoms with E-state index in [-0.39, 0.29) is 16.2 Å². The smallest absolute Gasteiger partial charge is 0.228 e. The maximum Gasteiger partial charge on any atom is 0.228 e. The number of amides is 1. The van der Waals surface area contributed by atoms with Gasteiger partial charge in [-0.05, 0) is 61.2 Å². The van der Waals surface area contributed by atoms with Crippen LogP contribution < -0.4 is 0 Å². The third kappa shape index (κ3) is 2.84. The number of allylic oxidation sites excluding steroid dienone is 3. The van der Waals surface area contributed by atoms with Crippen LogP contribution in [0.25, 0.3) is 0 Å². The molecule has 4 aliphatic rings. The molecule has 4 rings (SSSR count). The maximum atomic E-state index is 13.7. The molecule has 150 valence electrons. The normalized spacial score (nSPS) is 44.7. The third-order valence-electron chi connectivity index (χ3n) is 8.81. The van der Waals surface area contributed by atoms with E-state index in [1.807, 2.05) is 0 Å². The Morgan fingerprint density at radius 1 is 1.19 bits per heavy atom. The van der Waals surface area contributed by atoms with Crippen molar-refractivity contribution in [3.8, 4) is 0 Å². The first-order chi connectivity index (χ1) is 12.8. The monoisotopic (exact) mass is 371 g/mol. The maximum absolute atomic E-state index is 13.7. The summed E-state index contributed by atoms with van der Waals surface area (Å²) >= 11 is 0. The van der Waals surface area contributed by atoms with Crippen molar-refractivity contribution in [1.82, 2.24) is 4.90 Å². The number of rotatable bonds is 2. The minimum absolute atomic E-state index is 0.169. The largest absolute Gasteiger partial charge is 0.378 e. The molecule has 0 aromatic heterocycles. The zero-order valence-electron chi connectivity index (χ0n) is 17.6. The highest BCUT2D eigenvalue weighted by atomic mass is 16.5. The molecule has 0 bridgehead atoms. The second-order valence-corrected chi connectivity index (χ2v) is 10.2. The van der Waals surface area contributed by atoms with Crippen LogP contribution in [0, 0.1) is 28.1 Å². The molecule has 0 radical (unpaired) electrons. The number of hydrogen-bond acceptors (Lipinski definition) is 2. The Kier molecular flexibility index (Phi) is 4.81. The molecule has 2 saturated carbocycles. The van der Waals surface area contributed by atoms with Crippen molar-refractivity contribution >= 4 is 5.91 Å². The quantitative estimate of drug-likeness (QED) is 0.641. The van der Waals surface area contributed by atoms with Crippen LogP contribution in [0.4, 0.5) is 0 Å². The molecule has 3 heteroatoms. The average Bonchev–Trinajstić information content (AvgIpc) is 2.68. The Morgan fingerprint density at radius 2 is 1.93 bits per heavy atom. The topological polar surface area (TPSA) is 29.5 Å². The molecule has 1 saturated heterocycles. The van der Waals surface area contributed by atoms with Crippen molar-refractivity contribution in [1.29, 1.82) is 0 Å². The van der Waals surface area contributed by atoms with E-state index < -0.39 is 0 Å². The van der Waals surface area contributed by atoms with Gasteiger partial charge in [0.25, 0.3) is 0 Å². The molecule has 1 aliphatic heterocycles. The van der Waals surface area contributed by atoms with E-state index in [0.717, 1.165) is 32.4 Å². The summed E-state index contributed by atoms with van der Waals surface area (Å²) in [4.78, 5) is 15.7. The van der Waals surface area contributed by atoms with Gasteiger partial charge in [-0.2, -0.15) is 0 Å². The standard InChI is InChI=1S/C24H37NO2/c1-5-22(2)11-6-8-19-18(22)9-10-20-23(19,3)12-7-13-24(20,4)21(26)25-14-16-27-17-15-25/h5,8,18,20H,1,6-7,9-17H2,2-4H3/t18-,20+,22+,23+,24-/m1/s1. The summed E-state index contributed by atoms with van der Waals surface area (Å²) in [5.41, 5.74) is 1.83. The van der Waals surface area contributed by atoms with Crippen LogP contribution in [0.2, 0.25) is 0 Å². The predicted octanol–water partition coefficient (Wildman–Crippen LogP) is 4.98. The molecule has 3 aliphatic carbocycles. The van der Waals surface area contributed by atoms with E-state index in [0.29, 0.717) is 31.0 Å². The first kappa shape index (κ1) is 19.2. The van der Waals surface area contributed by atoms with Crippen molar-refractivity contribution in [2.24, 2.45) is 28.1 Å². The average molecular weight is 372 g/mol. The number of hydrogen-bond donors (Lipinski definition) is 0. The lowest BCUT2D eigenvalue weighted by atomic mass is 9.44. The lowest BCUT2D eigenvalue weighted by molar-refractivity contribution is -0.158. The van der Waals surface area contributed by atoms with Crippen molar-refractivity contribution < 1.29 is 9.53 Å². The molecule has 0 aromatic rings. The van der Waals surface area contributed by atoms with E-state index in [2.05, 4.69) is 44.4 Å². The van der Waals surface area contributed by atoms with Crippen LogP contribution in [0.15, 0.2) is 24.3 Å². The molecular formula is C24H37NO2. The van der Waals surface area contributed by atoms with Crippen LogP contribution in [0.1, 0.15) is 65.7 Å². The van der Waals surface area contributed by atoms with Gasteiger partial charge in [-0.1, -0.05) is 44.9 Å². The molecule has 27 heavy (non-hydrogen) atoms.